The molecule has 2 aromatic carbocycles. The van der Waals surface area contributed by atoms with Gasteiger partial charge >= 0.3 is 0 Å². The lowest BCUT2D eigenvalue weighted by Gasteiger charge is -2.31. The van der Waals surface area contributed by atoms with Crippen LogP contribution in [-0.4, -0.2) is 41.1 Å². The van der Waals surface area contributed by atoms with Gasteiger partial charge in [0.1, 0.15) is 6.04 Å². The van der Waals surface area contributed by atoms with Gasteiger partial charge in [-0.1, -0.05) is 67.3 Å². The molecule has 1 saturated carbocycles. The Balaban J connectivity index is 1.63. The summed E-state index contributed by atoms with van der Waals surface area (Å²) in [4.78, 5) is 29.0. The van der Waals surface area contributed by atoms with Crippen LogP contribution in [0, 0.1) is 6.92 Å². The molecule has 0 radical (unpaired) electrons. The first-order valence-corrected chi connectivity index (χ1v) is 12.3. The molecule has 0 saturated heterocycles. The molecule has 1 aliphatic carbocycles. The number of benzene rings is 2. The molecule has 31 heavy (non-hydrogen) atoms. The maximum Gasteiger partial charge on any atom is 0.242 e. The molecule has 2 aromatic rings. The van der Waals surface area contributed by atoms with Crippen molar-refractivity contribution in [3.8, 4) is 0 Å². The average molecular weight is 439 g/mol. The fourth-order valence-electron chi connectivity index (χ4n) is 4.00. The molecule has 0 aliphatic heterocycles. The number of hydrogen-bond acceptors (Lipinski definition) is 3. The topological polar surface area (TPSA) is 49.4 Å². The summed E-state index contributed by atoms with van der Waals surface area (Å²) < 4.78 is 0. The van der Waals surface area contributed by atoms with Crippen LogP contribution in [0.25, 0.3) is 0 Å². The molecule has 1 aliphatic rings. The van der Waals surface area contributed by atoms with Gasteiger partial charge in [0.05, 0.1) is 5.75 Å². The van der Waals surface area contributed by atoms with Crippen molar-refractivity contribution < 1.29 is 9.59 Å². The molecular formula is C26H34N2O2S. The van der Waals surface area contributed by atoms with E-state index in [1.807, 2.05) is 37.3 Å². The Labute approximate surface area is 190 Å². The number of nitrogens with one attached hydrogen (secondary N) is 1. The molecule has 1 atom stereocenters. The van der Waals surface area contributed by atoms with E-state index >= 15 is 0 Å². The Kier molecular flexibility index (Phi) is 9.01. The second-order valence-corrected chi connectivity index (χ2v) is 9.49. The highest BCUT2D eigenvalue weighted by Gasteiger charge is 2.27. The van der Waals surface area contributed by atoms with Gasteiger partial charge in [-0.3, -0.25) is 9.59 Å². The summed E-state index contributed by atoms with van der Waals surface area (Å²) in [5, 5.41) is 3.19. The third kappa shape index (κ3) is 7.42. The van der Waals surface area contributed by atoms with Crippen LogP contribution in [0.2, 0.25) is 0 Å². The van der Waals surface area contributed by atoms with Crippen LogP contribution in [-0.2, 0) is 16.0 Å². The van der Waals surface area contributed by atoms with Crippen LogP contribution in [0.1, 0.15) is 50.2 Å². The lowest BCUT2D eigenvalue weighted by molar-refractivity contribution is -0.138. The van der Waals surface area contributed by atoms with E-state index in [2.05, 4.69) is 36.5 Å². The van der Waals surface area contributed by atoms with Crippen LogP contribution >= 0.6 is 11.8 Å². The Morgan fingerprint density at radius 2 is 1.71 bits per heavy atom. The average Bonchev–Trinajstić information content (AvgIpc) is 2.80. The SMILES string of the molecule is Cc1ccc(SCC(=O)N(CCc2ccccc2)[C@H](C)C(=O)NC2CCCCC2)cc1. The largest absolute Gasteiger partial charge is 0.352 e. The highest BCUT2D eigenvalue weighted by atomic mass is 32.2. The van der Waals surface area contributed by atoms with E-state index in [-0.39, 0.29) is 17.9 Å². The van der Waals surface area contributed by atoms with Gasteiger partial charge < -0.3 is 10.2 Å². The van der Waals surface area contributed by atoms with Crippen LogP contribution in [0.4, 0.5) is 0 Å². The van der Waals surface area contributed by atoms with Gasteiger partial charge in [-0.25, -0.2) is 0 Å². The molecule has 1 N–H and O–H groups in total. The number of nitrogens with zero attached hydrogens (tertiary/aromatic N) is 1. The van der Waals surface area contributed by atoms with Crippen LogP contribution in [0.5, 0.6) is 0 Å². The van der Waals surface area contributed by atoms with Crippen molar-refractivity contribution in [3.05, 3.63) is 65.7 Å². The van der Waals surface area contributed by atoms with Crippen LogP contribution < -0.4 is 5.32 Å². The van der Waals surface area contributed by atoms with Gasteiger partial charge in [-0.05, 0) is 50.8 Å². The molecule has 3 rings (SSSR count). The molecule has 5 heteroatoms. The van der Waals surface area contributed by atoms with E-state index in [0.717, 1.165) is 24.2 Å². The molecule has 166 valence electrons. The maximum atomic E-state index is 13.2. The summed E-state index contributed by atoms with van der Waals surface area (Å²) in [7, 11) is 0. The molecule has 0 bridgehead atoms. The fraction of sp³-hybridized carbons (Fsp3) is 0.462. The number of amides is 2. The van der Waals surface area contributed by atoms with Crippen molar-refractivity contribution >= 4 is 23.6 Å². The van der Waals surface area contributed by atoms with E-state index in [1.165, 1.54) is 42.2 Å². The zero-order valence-corrected chi connectivity index (χ0v) is 19.5. The van der Waals surface area contributed by atoms with Gasteiger partial charge in [0.2, 0.25) is 11.8 Å². The number of thioether (sulfide) groups is 1. The number of carbonyl (C=O) groups is 2. The van der Waals surface area contributed by atoms with Crippen LogP contribution in [0.3, 0.4) is 0 Å². The van der Waals surface area contributed by atoms with Crippen molar-refractivity contribution in [2.45, 2.75) is 69.4 Å². The van der Waals surface area contributed by atoms with E-state index in [1.54, 1.807) is 4.90 Å². The van der Waals surface area contributed by atoms with Crippen molar-refractivity contribution in [3.63, 3.8) is 0 Å². The fourth-order valence-corrected chi connectivity index (χ4v) is 4.79. The normalized spacial score (nSPS) is 15.3. The van der Waals surface area contributed by atoms with Gasteiger partial charge in [0.15, 0.2) is 0 Å². The van der Waals surface area contributed by atoms with Crippen molar-refractivity contribution in [1.29, 1.82) is 0 Å². The van der Waals surface area contributed by atoms with Gasteiger partial charge in [0, 0.05) is 17.5 Å². The quantitative estimate of drug-likeness (QED) is 0.561. The summed E-state index contributed by atoms with van der Waals surface area (Å²) in [6.45, 7) is 4.45. The zero-order chi connectivity index (χ0) is 22.1. The minimum absolute atomic E-state index is 0.00722. The Bertz CT molecular complexity index is 832. The lowest BCUT2D eigenvalue weighted by atomic mass is 9.95. The summed E-state index contributed by atoms with van der Waals surface area (Å²) in [6, 6.07) is 18.1. The Hall–Kier alpha value is -2.27. The predicted octanol–water partition coefficient (Wildman–Crippen LogP) is 5.00. The first kappa shape index (κ1) is 23.4. The van der Waals surface area contributed by atoms with Crippen molar-refractivity contribution in [2.24, 2.45) is 0 Å². The molecule has 0 aromatic heterocycles. The summed E-state index contributed by atoms with van der Waals surface area (Å²) in [6.07, 6.45) is 6.41. The molecule has 2 amide bonds. The van der Waals surface area contributed by atoms with E-state index < -0.39 is 6.04 Å². The monoisotopic (exact) mass is 438 g/mol. The predicted molar refractivity (Wildman–Crippen MR) is 128 cm³/mol. The van der Waals surface area contributed by atoms with Crippen LogP contribution in [0.15, 0.2) is 59.5 Å². The highest BCUT2D eigenvalue weighted by Crippen LogP contribution is 2.20. The number of rotatable bonds is 9. The number of carbonyl (C=O) groups excluding carboxylic acids is 2. The van der Waals surface area contributed by atoms with Gasteiger partial charge in [-0.15, -0.1) is 11.8 Å². The van der Waals surface area contributed by atoms with Crippen molar-refractivity contribution in [2.75, 3.05) is 12.3 Å². The first-order chi connectivity index (χ1) is 15.0. The minimum atomic E-state index is -0.475. The first-order valence-electron chi connectivity index (χ1n) is 11.4. The minimum Gasteiger partial charge on any atom is -0.352 e. The smallest absolute Gasteiger partial charge is 0.242 e. The van der Waals surface area contributed by atoms with E-state index in [4.69, 9.17) is 0 Å². The Morgan fingerprint density at radius 1 is 1.03 bits per heavy atom. The number of hydrogen-bond donors (Lipinski definition) is 1. The summed E-state index contributed by atoms with van der Waals surface area (Å²) in [5.74, 6) is 0.306. The van der Waals surface area contributed by atoms with Gasteiger partial charge in [-0.2, -0.15) is 0 Å². The summed E-state index contributed by atoms with van der Waals surface area (Å²) in [5.41, 5.74) is 2.37. The lowest BCUT2D eigenvalue weighted by Crippen LogP contribution is -2.51. The van der Waals surface area contributed by atoms with E-state index in [0.29, 0.717) is 12.3 Å². The van der Waals surface area contributed by atoms with Crippen molar-refractivity contribution in [1.82, 2.24) is 10.2 Å². The molecule has 1 fully saturated rings. The molecule has 0 heterocycles. The third-order valence-corrected chi connectivity index (χ3v) is 6.98. The molecular weight excluding hydrogens is 404 g/mol. The standard InChI is InChI=1S/C26H34N2O2S/c1-20-13-15-24(16-14-20)31-19-25(29)28(18-17-22-9-5-3-6-10-22)21(2)26(30)27-23-11-7-4-8-12-23/h3,5-6,9-10,13-16,21,23H,4,7-8,11-12,17-19H2,1-2H3,(H,27,30)/t21-/m1/s1. The third-order valence-electron chi connectivity index (χ3n) is 5.99. The molecule has 0 unspecified atom stereocenters. The van der Waals surface area contributed by atoms with Gasteiger partial charge in [0.25, 0.3) is 0 Å². The maximum absolute atomic E-state index is 13.2. The number of aryl methyl sites for hydroxylation is 1. The molecule has 0 spiro atoms. The second kappa shape index (κ2) is 11.9. The molecule has 4 nitrogen and oxygen atoms in total. The summed E-state index contributed by atoms with van der Waals surface area (Å²) >= 11 is 1.53. The second-order valence-electron chi connectivity index (χ2n) is 8.44. The Morgan fingerprint density at radius 3 is 2.39 bits per heavy atom. The zero-order valence-electron chi connectivity index (χ0n) is 18.7. The highest BCUT2D eigenvalue weighted by molar-refractivity contribution is 8.00. The van der Waals surface area contributed by atoms with E-state index in [9.17, 15) is 9.59 Å².